The summed E-state index contributed by atoms with van der Waals surface area (Å²) in [5.41, 5.74) is 0. The summed E-state index contributed by atoms with van der Waals surface area (Å²) in [6.45, 7) is 6.87. The molecule has 2 saturated heterocycles. The van der Waals surface area contributed by atoms with E-state index in [1.165, 1.54) is 0 Å². The highest BCUT2D eigenvalue weighted by Gasteiger charge is 2.42. The molecule has 2 aliphatic rings. The van der Waals surface area contributed by atoms with Crippen LogP contribution in [0.15, 0.2) is 12.4 Å². The Morgan fingerprint density at radius 1 is 1.39 bits per heavy atom. The normalized spacial score (nSPS) is 26.1. The molecule has 2 aliphatic heterocycles. The molecule has 3 rings (SSSR count). The third kappa shape index (κ3) is 1.80. The minimum absolute atomic E-state index is 0.0900. The number of aromatic nitrogens is 3. The van der Waals surface area contributed by atoms with E-state index in [0.29, 0.717) is 18.0 Å². The first-order valence-electron chi connectivity index (χ1n) is 6.57. The van der Waals surface area contributed by atoms with E-state index in [9.17, 15) is 4.79 Å². The van der Waals surface area contributed by atoms with Gasteiger partial charge in [-0.1, -0.05) is 5.21 Å². The van der Waals surface area contributed by atoms with Crippen molar-refractivity contribution in [3.05, 3.63) is 12.4 Å². The molecular weight excluding hydrogens is 230 g/mol. The highest BCUT2D eigenvalue weighted by atomic mass is 16.2. The average Bonchev–Trinajstić information content (AvgIpc) is 2.87. The molecule has 1 amide bonds. The molecule has 3 heterocycles. The van der Waals surface area contributed by atoms with E-state index >= 15 is 0 Å². The molecule has 6 nitrogen and oxygen atoms in total. The summed E-state index contributed by atoms with van der Waals surface area (Å²) in [4.78, 5) is 16.5. The highest BCUT2D eigenvalue weighted by Crippen LogP contribution is 2.28. The van der Waals surface area contributed by atoms with Crippen molar-refractivity contribution in [2.24, 2.45) is 0 Å². The van der Waals surface area contributed by atoms with Crippen LogP contribution in [0.5, 0.6) is 0 Å². The maximum atomic E-state index is 12.2. The predicted octanol–water partition coefficient (Wildman–Crippen LogP) is 0.144. The van der Waals surface area contributed by atoms with E-state index in [0.717, 1.165) is 26.1 Å². The summed E-state index contributed by atoms with van der Waals surface area (Å²) in [7, 11) is 0. The van der Waals surface area contributed by atoms with Gasteiger partial charge in [0.15, 0.2) is 0 Å². The summed E-state index contributed by atoms with van der Waals surface area (Å²) in [5, 5.41) is 7.82. The Balaban J connectivity index is 1.58. The fraction of sp³-hybridized carbons (Fsp3) is 0.750. The number of hydrogen-bond donors (Lipinski definition) is 0. The van der Waals surface area contributed by atoms with E-state index in [1.54, 1.807) is 6.20 Å². The Hall–Kier alpha value is -1.43. The Morgan fingerprint density at radius 3 is 2.72 bits per heavy atom. The number of carbonyl (C=O) groups is 1. The van der Waals surface area contributed by atoms with Crippen LogP contribution < -0.4 is 0 Å². The average molecular weight is 249 g/mol. The van der Waals surface area contributed by atoms with Gasteiger partial charge in [0.05, 0.1) is 18.3 Å². The highest BCUT2D eigenvalue weighted by molar-refractivity contribution is 5.84. The van der Waals surface area contributed by atoms with Gasteiger partial charge in [-0.2, -0.15) is 0 Å². The lowest BCUT2D eigenvalue weighted by molar-refractivity contribution is -0.135. The molecule has 0 radical (unpaired) electrons. The fourth-order valence-corrected chi connectivity index (χ4v) is 2.86. The number of hydrogen-bond acceptors (Lipinski definition) is 4. The molecule has 98 valence electrons. The van der Waals surface area contributed by atoms with Gasteiger partial charge in [0.1, 0.15) is 0 Å². The maximum absolute atomic E-state index is 12.2. The van der Waals surface area contributed by atoms with Crippen LogP contribution >= 0.6 is 0 Å². The van der Waals surface area contributed by atoms with Crippen molar-refractivity contribution in [2.45, 2.75) is 38.4 Å². The molecule has 1 atom stereocenters. The minimum atomic E-state index is 0.0900. The van der Waals surface area contributed by atoms with Gasteiger partial charge < -0.3 is 4.90 Å². The number of amides is 1. The molecule has 1 unspecified atom stereocenters. The Labute approximate surface area is 107 Å². The zero-order chi connectivity index (χ0) is 12.7. The topological polar surface area (TPSA) is 54.3 Å². The van der Waals surface area contributed by atoms with Gasteiger partial charge in [0, 0.05) is 31.9 Å². The van der Waals surface area contributed by atoms with Gasteiger partial charge in [-0.25, -0.2) is 4.68 Å². The van der Waals surface area contributed by atoms with Crippen LogP contribution in [0.3, 0.4) is 0 Å². The molecule has 2 fully saturated rings. The number of rotatable bonds is 3. The SMILES string of the molecule is CC(C)N1CCC(N2CC(n3ccnn3)C2)C1=O. The first-order valence-corrected chi connectivity index (χ1v) is 6.57. The van der Waals surface area contributed by atoms with Crippen LogP contribution in [0, 0.1) is 0 Å². The lowest BCUT2D eigenvalue weighted by atomic mass is 10.0. The van der Waals surface area contributed by atoms with Crippen molar-refractivity contribution in [1.29, 1.82) is 0 Å². The predicted molar refractivity (Wildman–Crippen MR) is 65.9 cm³/mol. The van der Waals surface area contributed by atoms with Crippen molar-refractivity contribution in [3.8, 4) is 0 Å². The minimum Gasteiger partial charge on any atom is -0.339 e. The molecule has 6 heteroatoms. The zero-order valence-electron chi connectivity index (χ0n) is 10.9. The second kappa shape index (κ2) is 4.35. The number of nitrogens with zero attached hydrogens (tertiary/aromatic N) is 5. The third-order valence-corrected chi connectivity index (χ3v) is 3.98. The first-order chi connectivity index (χ1) is 8.66. The van der Waals surface area contributed by atoms with Crippen LogP contribution in [0.2, 0.25) is 0 Å². The summed E-state index contributed by atoms with van der Waals surface area (Å²) in [6, 6.07) is 0.787. The molecule has 0 aromatic carbocycles. The Morgan fingerprint density at radius 2 is 2.17 bits per heavy atom. The van der Waals surface area contributed by atoms with Crippen molar-refractivity contribution in [1.82, 2.24) is 24.8 Å². The van der Waals surface area contributed by atoms with Crippen molar-refractivity contribution in [2.75, 3.05) is 19.6 Å². The lowest BCUT2D eigenvalue weighted by Crippen LogP contribution is -2.55. The summed E-state index contributed by atoms with van der Waals surface area (Å²) in [6.07, 6.45) is 4.55. The van der Waals surface area contributed by atoms with Gasteiger partial charge in [-0.05, 0) is 20.3 Å². The molecule has 0 aliphatic carbocycles. The lowest BCUT2D eigenvalue weighted by Gasteiger charge is -2.42. The molecule has 0 N–H and O–H groups in total. The van der Waals surface area contributed by atoms with Gasteiger partial charge in [-0.15, -0.1) is 5.10 Å². The molecule has 18 heavy (non-hydrogen) atoms. The Kier molecular flexibility index (Phi) is 2.81. The van der Waals surface area contributed by atoms with Crippen LogP contribution in [-0.4, -0.2) is 62.4 Å². The van der Waals surface area contributed by atoms with Crippen LogP contribution in [0.4, 0.5) is 0 Å². The molecule has 0 spiro atoms. The van der Waals surface area contributed by atoms with Crippen molar-refractivity contribution < 1.29 is 4.79 Å². The van der Waals surface area contributed by atoms with E-state index in [-0.39, 0.29) is 6.04 Å². The van der Waals surface area contributed by atoms with Gasteiger partial charge >= 0.3 is 0 Å². The standard InChI is InChI=1S/C12H19N5O/c1-9(2)16-5-3-11(12(16)18)15-7-10(8-15)17-6-4-13-14-17/h4,6,9-11H,3,5,7-8H2,1-2H3. The molecule has 1 aromatic rings. The second-order valence-corrected chi connectivity index (χ2v) is 5.42. The summed E-state index contributed by atoms with van der Waals surface area (Å²) < 4.78 is 1.89. The molecule has 0 bridgehead atoms. The molecule has 1 aromatic heterocycles. The Bertz CT molecular complexity index is 424. The second-order valence-electron chi connectivity index (χ2n) is 5.42. The van der Waals surface area contributed by atoms with Crippen LogP contribution in [0.25, 0.3) is 0 Å². The van der Waals surface area contributed by atoms with Gasteiger partial charge in [0.2, 0.25) is 5.91 Å². The van der Waals surface area contributed by atoms with Crippen LogP contribution in [0.1, 0.15) is 26.3 Å². The molecule has 0 saturated carbocycles. The summed E-state index contributed by atoms with van der Waals surface area (Å²) >= 11 is 0. The first kappa shape index (κ1) is 11.6. The van der Waals surface area contributed by atoms with Crippen molar-refractivity contribution in [3.63, 3.8) is 0 Å². The van der Waals surface area contributed by atoms with Gasteiger partial charge in [-0.3, -0.25) is 9.69 Å². The number of carbonyl (C=O) groups excluding carboxylic acids is 1. The maximum Gasteiger partial charge on any atom is 0.240 e. The quantitative estimate of drug-likeness (QED) is 0.765. The van der Waals surface area contributed by atoms with E-state index in [4.69, 9.17) is 0 Å². The largest absolute Gasteiger partial charge is 0.339 e. The smallest absolute Gasteiger partial charge is 0.240 e. The zero-order valence-corrected chi connectivity index (χ0v) is 10.9. The van der Waals surface area contributed by atoms with Crippen LogP contribution in [-0.2, 0) is 4.79 Å². The van der Waals surface area contributed by atoms with Gasteiger partial charge in [0.25, 0.3) is 0 Å². The fourth-order valence-electron chi connectivity index (χ4n) is 2.86. The third-order valence-electron chi connectivity index (χ3n) is 3.98. The monoisotopic (exact) mass is 249 g/mol. The van der Waals surface area contributed by atoms with E-state index < -0.39 is 0 Å². The van der Waals surface area contributed by atoms with Crippen molar-refractivity contribution >= 4 is 5.91 Å². The molecular formula is C12H19N5O. The van der Waals surface area contributed by atoms with E-state index in [1.807, 2.05) is 15.8 Å². The van der Waals surface area contributed by atoms with E-state index in [2.05, 4.69) is 29.1 Å². The summed E-state index contributed by atoms with van der Waals surface area (Å²) in [5.74, 6) is 0.294. The number of likely N-dealkylation sites (tertiary alicyclic amines) is 2.